The van der Waals surface area contributed by atoms with E-state index in [-0.39, 0.29) is 5.91 Å². The number of benzene rings is 1. The predicted molar refractivity (Wildman–Crippen MR) is 91.6 cm³/mol. The number of hydrogen-bond donors (Lipinski definition) is 2. The van der Waals surface area contributed by atoms with Crippen LogP contribution in [0.25, 0.3) is 11.3 Å². The van der Waals surface area contributed by atoms with Crippen molar-refractivity contribution in [2.75, 3.05) is 5.73 Å². The summed E-state index contributed by atoms with van der Waals surface area (Å²) in [5.41, 5.74) is 7.53. The van der Waals surface area contributed by atoms with Crippen molar-refractivity contribution < 1.29 is 9.21 Å². The monoisotopic (exact) mass is 347 g/mol. The maximum atomic E-state index is 12.3. The Kier molecular flexibility index (Phi) is 4.36. The standard InChI is InChI=1S/C16H14ClN3O2S/c1-9-12(15(21)19-7-10-8-23-16(18)20-10)6-14(22-9)11-4-2-3-5-13(11)17/h2-6,8H,7H2,1H3,(H2,18,20)(H,19,21). The highest BCUT2D eigenvalue weighted by molar-refractivity contribution is 7.13. The van der Waals surface area contributed by atoms with Crippen LogP contribution in [0.4, 0.5) is 5.13 Å². The number of aryl methyl sites for hydroxylation is 1. The number of carbonyl (C=O) groups excluding carboxylic acids is 1. The Labute approximate surface area is 142 Å². The quantitative estimate of drug-likeness (QED) is 0.750. The van der Waals surface area contributed by atoms with Gasteiger partial charge in [0.2, 0.25) is 0 Å². The number of hydrogen-bond acceptors (Lipinski definition) is 5. The zero-order valence-electron chi connectivity index (χ0n) is 12.3. The fraction of sp³-hybridized carbons (Fsp3) is 0.125. The van der Waals surface area contributed by atoms with Gasteiger partial charge in [0.1, 0.15) is 11.5 Å². The van der Waals surface area contributed by atoms with E-state index in [4.69, 9.17) is 21.8 Å². The number of amides is 1. The van der Waals surface area contributed by atoms with Crippen LogP contribution >= 0.6 is 22.9 Å². The molecule has 118 valence electrons. The SMILES string of the molecule is Cc1oc(-c2ccccc2Cl)cc1C(=O)NCc1csc(N)n1. The van der Waals surface area contributed by atoms with E-state index in [1.807, 2.05) is 23.6 Å². The molecule has 5 nitrogen and oxygen atoms in total. The molecule has 0 aliphatic rings. The first-order valence-electron chi connectivity index (χ1n) is 6.88. The zero-order chi connectivity index (χ0) is 16.4. The summed E-state index contributed by atoms with van der Waals surface area (Å²) in [6.45, 7) is 2.06. The van der Waals surface area contributed by atoms with Gasteiger partial charge in [-0.15, -0.1) is 11.3 Å². The van der Waals surface area contributed by atoms with Gasteiger partial charge in [-0.05, 0) is 25.1 Å². The van der Waals surface area contributed by atoms with E-state index in [1.165, 1.54) is 11.3 Å². The first-order chi connectivity index (χ1) is 11.0. The maximum absolute atomic E-state index is 12.3. The summed E-state index contributed by atoms with van der Waals surface area (Å²) >= 11 is 7.50. The number of nitrogens with zero attached hydrogens (tertiary/aromatic N) is 1. The van der Waals surface area contributed by atoms with Crippen molar-refractivity contribution in [2.24, 2.45) is 0 Å². The number of furan rings is 1. The molecule has 0 bridgehead atoms. The normalized spacial score (nSPS) is 10.7. The van der Waals surface area contributed by atoms with Crippen LogP contribution < -0.4 is 11.1 Å². The molecule has 1 aromatic carbocycles. The first-order valence-corrected chi connectivity index (χ1v) is 8.14. The number of rotatable bonds is 4. The Morgan fingerprint density at radius 2 is 2.22 bits per heavy atom. The fourth-order valence-corrected chi connectivity index (χ4v) is 2.96. The lowest BCUT2D eigenvalue weighted by Crippen LogP contribution is -2.23. The van der Waals surface area contributed by atoms with Gasteiger partial charge in [0.05, 0.1) is 22.8 Å². The van der Waals surface area contributed by atoms with Gasteiger partial charge in [0.25, 0.3) is 5.91 Å². The van der Waals surface area contributed by atoms with Gasteiger partial charge in [0.15, 0.2) is 5.13 Å². The molecule has 0 radical (unpaired) electrons. The summed E-state index contributed by atoms with van der Waals surface area (Å²) in [5.74, 6) is 0.877. The molecule has 0 aliphatic heterocycles. The number of nitrogens with two attached hydrogens (primary N) is 1. The van der Waals surface area contributed by atoms with Gasteiger partial charge >= 0.3 is 0 Å². The Bertz CT molecular complexity index is 857. The minimum Gasteiger partial charge on any atom is -0.460 e. The van der Waals surface area contributed by atoms with Gasteiger partial charge in [-0.3, -0.25) is 4.79 Å². The van der Waals surface area contributed by atoms with E-state index in [1.54, 1.807) is 19.1 Å². The molecule has 0 aliphatic carbocycles. The summed E-state index contributed by atoms with van der Waals surface area (Å²) < 4.78 is 5.68. The summed E-state index contributed by atoms with van der Waals surface area (Å²) in [7, 11) is 0. The molecule has 0 saturated carbocycles. The number of halogens is 1. The van der Waals surface area contributed by atoms with Crippen molar-refractivity contribution in [2.45, 2.75) is 13.5 Å². The van der Waals surface area contributed by atoms with Gasteiger partial charge in [-0.2, -0.15) is 0 Å². The average Bonchev–Trinajstić information content (AvgIpc) is 3.11. The number of carbonyl (C=O) groups is 1. The predicted octanol–water partition coefficient (Wildman–Crippen LogP) is 3.88. The average molecular weight is 348 g/mol. The smallest absolute Gasteiger partial charge is 0.255 e. The molecule has 3 aromatic rings. The number of nitrogens with one attached hydrogen (secondary N) is 1. The van der Waals surface area contributed by atoms with Crippen molar-refractivity contribution >= 4 is 34.0 Å². The lowest BCUT2D eigenvalue weighted by molar-refractivity contribution is 0.0949. The molecule has 1 amide bonds. The molecular formula is C16H14ClN3O2S. The molecule has 3 N–H and O–H groups in total. The molecule has 0 fully saturated rings. The molecule has 7 heteroatoms. The molecule has 0 spiro atoms. The fourth-order valence-electron chi connectivity index (χ4n) is 2.17. The Hall–Kier alpha value is -2.31. The van der Waals surface area contributed by atoms with Crippen LogP contribution in [0.2, 0.25) is 5.02 Å². The van der Waals surface area contributed by atoms with E-state index >= 15 is 0 Å². The summed E-state index contributed by atoms with van der Waals surface area (Å²) in [6.07, 6.45) is 0. The van der Waals surface area contributed by atoms with Crippen LogP contribution in [0.15, 0.2) is 40.1 Å². The van der Waals surface area contributed by atoms with E-state index in [0.717, 1.165) is 11.3 Å². The third-order valence-electron chi connectivity index (χ3n) is 3.30. The van der Waals surface area contributed by atoms with Crippen molar-refractivity contribution in [3.8, 4) is 11.3 Å². The highest BCUT2D eigenvalue weighted by Crippen LogP contribution is 2.30. The van der Waals surface area contributed by atoms with Gasteiger partial charge in [-0.25, -0.2) is 4.98 Å². The highest BCUT2D eigenvalue weighted by Gasteiger charge is 2.17. The van der Waals surface area contributed by atoms with Gasteiger partial charge in [0, 0.05) is 10.9 Å². The van der Waals surface area contributed by atoms with Crippen LogP contribution in [0.1, 0.15) is 21.8 Å². The van der Waals surface area contributed by atoms with Gasteiger partial charge < -0.3 is 15.5 Å². The Morgan fingerprint density at radius 1 is 1.43 bits per heavy atom. The number of aromatic nitrogens is 1. The topological polar surface area (TPSA) is 81.2 Å². The third-order valence-corrected chi connectivity index (χ3v) is 4.35. The highest BCUT2D eigenvalue weighted by atomic mass is 35.5. The molecular weight excluding hydrogens is 334 g/mol. The molecule has 0 atom stereocenters. The molecule has 23 heavy (non-hydrogen) atoms. The van der Waals surface area contributed by atoms with Crippen LogP contribution in [0, 0.1) is 6.92 Å². The van der Waals surface area contributed by atoms with Crippen LogP contribution in [-0.4, -0.2) is 10.9 Å². The lowest BCUT2D eigenvalue weighted by Gasteiger charge is -2.01. The van der Waals surface area contributed by atoms with Crippen molar-refractivity contribution in [1.82, 2.24) is 10.3 Å². The van der Waals surface area contributed by atoms with Crippen LogP contribution in [-0.2, 0) is 6.54 Å². The second-order valence-corrected chi connectivity index (χ2v) is 6.22. The molecule has 2 heterocycles. The summed E-state index contributed by atoms with van der Waals surface area (Å²) in [6, 6.07) is 9.03. The van der Waals surface area contributed by atoms with Crippen LogP contribution in [0.3, 0.4) is 0 Å². The van der Waals surface area contributed by atoms with Crippen molar-refractivity contribution in [1.29, 1.82) is 0 Å². The van der Waals surface area contributed by atoms with Crippen LogP contribution in [0.5, 0.6) is 0 Å². The van der Waals surface area contributed by atoms with E-state index in [2.05, 4.69) is 10.3 Å². The summed E-state index contributed by atoms with van der Waals surface area (Å²) in [4.78, 5) is 16.4. The first kappa shape index (κ1) is 15.6. The van der Waals surface area contributed by atoms with E-state index < -0.39 is 0 Å². The largest absolute Gasteiger partial charge is 0.460 e. The zero-order valence-corrected chi connectivity index (χ0v) is 13.9. The third kappa shape index (κ3) is 3.38. The molecule has 2 aromatic heterocycles. The second kappa shape index (κ2) is 6.44. The van der Waals surface area contributed by atoms with Crippen molar-refractivity contribution in [3.63, 3.8) is 0 Å². The Morgan fingerprint density at radius 3 is 2.91 bits per heavy atom. The second-order valence-electron chi connectivity index (χ2n) is 4.92. The number of nitrogen functional groups attached to an aromatic ring is 1. The minimum atomic E-state index is -0.226. The van der Waals surface area contributed by atoms with Crippen molar-refractivity contribution in [3.05, 3.63) is 57.8 Å². The number of anilines is 1. The van der Waals surface area contributed by atoms with Gasteiger partial charge in [-0.1, -0.05) is 23.7 Å². The molecule has 0 saturated heterocycles. The van der Waals surface area contributed by atoms with E-state index in [0.29, 0.717) is 33.8 Å². The van der Waals surface area contributed by atoms with E-state index in [9.17, 15) is 4.79 Å². The number of thiazole rings is 1. The Balaban J connectivity index is 1.78. The lowest BCUT2D eigenvalue weighted by atomic mass is 10.1. The summed E-state index contributed by atoms with van der Waals surface area (Å²) in [5, 5.41) is 5.67. The minimum absolute atomic E-state index is 0.226. The molecule has 3 rings (SSSR count). The maximum Gasteiger partial charge on any atom is 0.255 e. The molecule has 0 unspecified atom stereocenters.